The van der Waals surface area contributed by atoms with Crippen molar-refractivity contribution in [3.8, 4) is 0 Å². The molecule has 3 aliphatic rings. The first-order valence-electron chi connectivity index (χ1n) is 4.29. The van der Waals surface area contributed by atoms with Gasteiger partial charge in [0.15, 0.2) is 0 Å². The Morgan fingerprint density at radius 3 is 2.00 bits per heavy atom. The molecule has 2 saturated heterocycles. The lowest BCUT2D eigenvalue weighted by atomic mass is 9.52. The van der Waals surface area contributed by atoms with E-state index in [9.17, 15) is 0 Å². The first-order chi connectivity index (χ1) is 4.60. The summed E-state index contributed by atoms with van der Waals surface area (Å²) in [6.07, 6.45) is 1.50. The smallest absolute Gasteiger partial charge is 0.00121 e. The maximum atomic E-state index is 2.48. The molecule has 0 aromatic heterocycles. The monoisotopic (exact) mass is 139 g/mol. The Balaban J connectivity index is 2.10. The van der Waals surface area contributed by atoms with Gasteiger partial charge in [0, 0.05) is 13.1 Å². The van der Waals surface area contributed by atoms with E-state index in [4.69, 9.17) is 0 Å². The number of hydrogen-bond donors (Lipinski definition) is 0. The van der Waals surface area contributed by atoms with Crippen LogP contribution in [0.2, 0.25) is 0 Å². The van der Waals surface area contributed by atoms with Crippen molar-refractivity contribution in [2.24, 2.45) is 17.3 Å². The highest BCUT2D eigenvalue weighted by molar-refractivity contribution is 5.02. The second-order valence-corrected chi connectivity index (χ2v) is 4.67. The Morgan fingerprint density at radius 2 is 1.70 bits per heavy atom. The highest BCUT2D eigenvalue weighted by Gasteiger charge is 2.51. The first kappa shape index (κ1) is 6.66. The Morgan fingerprint density at radius 1 is 1.20 bits per heavy atom. The number of rotatable bonds is 0. The summed E-state index contributed by atoms with van der Waals surface area (Å²) >= 11 is 0. The zero-order chi connectivity index (χ0) is 7.35. The van der Waals surface area contributed by atoms with Crippen molar-refractivity contribution in [1.29, 1.82) is 0 Å². The third kappa shape index (κ3) is 0.672. The molecule has 0 amide bonds. The quantitative estimate of drug-likeness (QED) is 0.492. The van der Waals surface area contributed by atoms with Crippen LogP contribution in [0.5, 0.6) is 0 Å². The van der Waals surface area contributed by atoms with Crippen LogP contribution in [-0.2, 0) is 0 Å². The molecule has 0 aromatic rings. The van der Waals surface area contributed by atoms with Gasteiger partial charge in [-0.1, -0.05) is 13.8 Å². The van der Waals surface area contributed by atoms with Crippen LogP contribution in [0.1, 0.15) is 20.3 Å². The summed E-state index contributed by atoms with van der Waals surface area (Å²) in [6, 6.07) is 0. The molecular weight excluding hydrogens is 122 g/mol. The van der Waals surface area contributed by atoms with Gasteiger partial charge in [-0.05, 0) is 30.7 Å². The third-order valence-electron chi connectivity index (χ3n) is 3.74. The van der Waals surface area contributed by atoms with E-state index in [0.29, 0.717) is 5.41 Å². The van der Waals surface area contributed by atoms with Gasteiger partial charge >= 0.3 is 0 Å². The van der Waals surface area contributed by atoms with Crippen LogP contribution in [0.15, 0.2) is 0 Å². The first-order valence-corrected chi connectivity index (χ1v) is 4.29. The maximum absolute atomic E-state index is 2.48. The van der Waals surface area contributed by atoms with Gasteiger partial charge in [0.1, 0.15) is 0 Å². The molecule has 2 unspecified atom stereocenters. The van der Waals surface area contributed by atoms with E-state index in [2.05, 4.69) is 25.8 Å². The minimum absolute atomic E-state index is 0.673. The van der Waals surface area contributed by atoms with Gasteiger partial charge in [-0.2, -0.15) is 0 Å². The largest absolute Gasteiger partial charge is 0.306 e. The van der Waals surface area contributed by atoms with Crippen LogP contribution in [0.3, 0.4) is 0 Å². The van der Waals surface area contributed by atoms with Crippen LogP contribution in [0.25, 0.3) is 0 Å². The summed E-state index contributed by atoms with van der Waals surface area (Å²) in [5.74, 6) is 1.99. The van der Waals surface area contributed by atoms with Crippen molar-refractivity contribution in [3.63, 3.8) is 0 Å². The third-order valence-corrected chi connectivity index (χ3v) is 3.74. The van der Waals surface area contributed by atoms with Gasteiger partial charge in [-0.25, -0.2) is 0 Å². The van der Waals surface area contributed by atoms with Gasteiger partial charge in [-0.3, -0.25) is 0 Å². The van der Waals surface area contributed by atoms with E-state index in [1.807, 2.05) is 0 Å². The summed E-state index contributed by atoms with van der Waals surface area (Å²) < 4.78 is 0. The van der Waals surface area contributed by atoms with E-state index < -0.39 is 0 Å². The fourth-order valence-corrected chi connectivity index (χ4v) is 2.57. The average Bonchev–Trinajstić information content (AvgIpc) is 1.87. The lowest BCUT2D eigenvalue weighted by Crippen LogP contribution is -2.58. The number of hydrogen-bond acceptors (Lipinski definition) is 1. The summed E-state index contributed by atoms with van der Waals surface area (Å²) in [7, 11) is 2.24. The fraction of sp³-hybridized carbons (Fsp3) is 1.00. The second-order valence-electron chi connectivity index (χ2n) is 4.67. The van der Waals surface area contributed by atoms with Gasteiger partial charge in [-0.15, -0.1) is 0 Å². The van der Waals surface area contributed by atoms with Crippen molar-refractivity contribution in [3.05, 3.63) is 0 Å². The van der Waals surface area contributed by atoms with Crippen LogP contribution < -0.4 is 0 Å². The fourth-order valence-electron chi connectivity index (χ4n) is 2.57. The maximum Gasteiger partial charge on any atom is 0.00121 e. The molecule has 2 heterocycles. The predicted octanol–water partition coefficient (Wildman–Crippen LogP) is 1.59. The van der Waals surface area contributed by atoms with Crippen molar-refractivity contribution in [2.45, 2.75) is 20.3 Å². The second kappa shape index (κ2) is 1.76. The average molecular weight is 139 g/mol. The van der Waals surface area contributed by atoms with Crippen molar-refractivity contribution in [1.82, 2.24) is 4.90 Å². The number of fused-ring (bicyclic) bond motifs is 2. The van der Waals surface area contributed by atoms with Gasteiger partial charge < -0.3 is 4.90 Å². The molecule has 1 nitrogen and oxygen atoms in total. The lowest BCUT2D eigenvalue weighted by molar-refractivity contribution is -0.0971. The van der Waals surface area contributed by atoms with E-state index in [1.54, 1.807) is 0 Å². The van der Waals surface area contributed by atoms with Crippen LogP contribution in [0.4, 0.5) is 0 Å². The molecule has 2 aliphatic heterocycles. The van der Waals surface area contributed by atoms with Crippen molar-refractivity contribution < 1.29 is 0 Å². The molecule has 0 radical (unpaired) electrons. The van der Waals surface area contributed by atoms with Crippen LogP contribution in [-0.4, -0.2) is 25.0 Å². The molecular formula is C9H17N. The Bertz CT molecular complexity index is 137. The highest BCUT2D eigenvalue weighted by atomic mass is 15.1. The highest BCUT2D eigenvalue weighted by Crippen LogP contribution is 2.54. The van der Waals surface area contributed by atoms with E-state index in [1.165, 1.54) is 19.5 Å². The molecule has 0 aromatic carbocycles. The zero-order valence-corrected chi connectivity index (χ0v) is 7.22. The molecule has 3 fully saturated rings. The molecule has 3 rings (SSSR count). The van der Waals surface area contributed by atoms with E-state index >= 15 is 0 Å². The molecule has 1 heteroatoms. The van der Waals surface area contributed by atoms with E-state index in [-0.39, 0.29) is 0 Å². The molecule has 58 valence electrons. The number of nitrogens with zero attached hydrogens (tertiary/aromatic N) is 1. The van der Waals surface area contributed by atoms with Crippen molar-refractivity contribution >= 4 is 0 Å². The molecule has 2 atom stereocenters. The Labute approximate surface area is 63.4 Å². The summed E-state index contributed by atoms with van der Waals surface area (Å²) in [5, 5.41) is 0. The molecule has 1 aliphatic carbocycles. The van der Waals surface area contributed by atoms with Gasteiger partial charge in [0.2, 0.25) is 0 Å². The lowest BCUT2D eigenvalue weighted by Gasteiger charge is -2.59. The standard InChI is InChI=1S/C9H17N/c1-9(2)7-4-8(9)6-10(3)5-7/h7-8H,4-6H2,1-3H3. The van der Waals surface area contributed by atoms with E-state index in [0.717, 1.165) is 11.8 Å². The minimum atomic E-state index is 0.673. The molecule has 1 saturated carbocycles. The Kier molecular flexibility index (Phi) is 1.17. The topological polar surface area (TPSA) is 3.24 Å². The molecule has 10 heavy (non-hydrogen) atoms. The molecule has 2 bridgehead atoms. The van der Waals surface area contributed by atoms with Crippen LogP contribution >= 0.6 is 0 Å². The normalized spacial score (nSPS) is 44.7. The van der Waals surface area contributed by atoms with Crippen molar-refractivity contribution in [2.75, 3.05) is 20.1 Å². The SMILES string of the molecule is CN1CC2CC(C1)C2(C)C. The summed E-state index contributed by atoms with van der Waals surface area (Å²) in [5.41, 5.74) is 0.673. The predicted molar refractivity (Wildman–Crippen MR) is 42.9 cm³/mol. The van der Waals surface area contributed by atoms with Gasteiger partial charge in [0.25, 0.3) is 0 Å². The molecule has 0 spiro atoms. The minimum Gasteiger partial charge on any atom is -0.306 e. The van der Waals surface area contributed by atoms with Gasteiger partial charge in [0.05, 0.1) is 0 Å². The number of piperidine rings is 2. The zero-order valence-electron chi connectivity index (χ0n) is 7.22. The summed E-state index contributed by atoms with van der Waals surface area (Å²) in [4.78, 5) is 2.48. The molecule has 0 N–H and O–H groups in total. The summed E-state index contributed by atoms with van der Waals surface area (Å²) in [6.45, 7) is 7.53. The Hall–Kier alpha value is -0.0400. The van der Waals surface area contributed by atoms with Crippen LogP contribution in [0, 0.1) is 17.3 Å².